The predicted molar refractivity (Wildman–Crippen MR) is 81.4 cm³/mol. The van der Waals surface area contributed by atoms with Gasteiger partial charge < -0.3 is 20.5 Å². The van der Waals surface area contributed by atoms with Gasteiger partial charge in [0, 0.05) is 7.05 Å². The third kappa shape index (κ3) is 3.66. The summed E-state index contributed by atoms with van der Waals surface area (Å²) in [7, 11) is 1.65. The monoisotopic (exact) mass is 286 g/mol. The number of phenols is 1. The maximum absolute atomic E-state index is 12.2. The van der Waals surface area contributed by atoms with E-state index in [1.807, 2.05) is 30.3 Å². The molecular formula is C16H18N2O3. The third-order valence-corrected chi connectivity index (χ3v) is 3.08. The van der Waals surface area contributed by atoms with Crippen molar-refractivity contribution in [2.24, 2.45) is 0 Å². The van der Waals surface area contributed by atoms with E-state index >= 15 is 0 Å². The van der Waals surface area contributed by atoms with E-state index in [4.69, 9.17) is 10.5 Å². The summed E-state index contributed by atoms with van der Waals surface area (Å²) >= 11 is 0. The predicted octanol–water partition coefficient (Wildman–Crippen LogP) is 2.13. The number of carbonyl (C=O) groups excluding carboxylic acids is 1. The zero-order valence-electron chi connectivity index (χ0n) is 11.8. The Morgan fingerprint density at radius 3 is 2.62 bits per heavy atom. The molecule has 0 aliphatic heterocycles. The fourth-order valence-electron chi connectivity index (χ4n) is 1.86. The van der Waals surface area contributed by atoms with E-state index < -0.39 is 0 Å². The van der Waals surface area contributed by atoms with Crippen molar-refractivity contribution in [2.45, 2.75) is 0 Å². The summed E-state index contributed by atoms with van der Waals surface area (Å²) in [5, 5.41) is 9.82. The Labute approximate surface area is 123 Å². The van der Waals surface area contributed by atoms with Gasteiger partial charge in [0.15, 0.2) is 5.75 Å². The smallest absolute Gasteiger partial charge is 0.257 e. The normalized spacial score (nSPS) is 10.1. The SMILES string of the molecule is CN(CCOc1ccccc1)C(=O)c1cccc(N)c1O. The van der Waals surface area contributed by atoms with Crippen LogP contribution in [-0.2, 0) is 0 Å². The molecule has 0 aliphatic rings. The average molecular weight is 286 g/mol. The van der Waals surface area contributed by atoms with Crippen LogP contribution in [0.3, 0.4) is 0 Å². The summed E-state index contributed by atoms with van der Waals surface area (Å²) in [5.41, 5.74) is 5.97. The first-order valence-corrected chi connectivity index (χ1v) is 6.60. The first-order chi connectivity index (χ1) is 10.1. The molecule has 0 aromatic heterocycles. The molecule has 0 saturated heterocycles. The molecule has 0 fully saturated rings. The fraction of sp³-hybridized carbons (Fsp3) is 0.188. The number of nitrogens with zero attached hydrogens (tertiary/aromatic N) is 1. The van der Waals surface area contributed by atoms with Gasteiger partial charge in [0.1, 0.15) is 12.4 Å². The van der Waals surface area contributed by atoms with E-state index in [2.05, 4.69) is 0 Å². The highest BCUT2D eigenvalue weighted by Crippen LogP contribution is 2.25. The standard InChI is InChI=1S/C16H18N2O3/c1-18(10-11-21-12-6-3-2-4-7-12)16(20)13-8-5-9-14(17)15(13)19/h2-9,19H,10-11,17H2,1H3. The van der Waals surface area contributed by atoms with E-state index in [9.17, 15) is 9.90 Å². The Bertz CT molecular complexity index is 614. The molecule has 5 nitrogen and oxygen atoms in total. The van der Waals surface area contributed by atoms with Crippen LogP contribution in [0.4, 0.5) is 5.69 Å². The van der Waals surface area contributed by atoms with Gasteiger partial charge in [-0.05, 0) is 24.3 Å². The molecule has 2 aromatic carbocycles. The van der Waals surface area contributed by atoms with Crippen LogP contribution in [0.5, 0.6) is 11.5 Å². The zero-order chi connectivity index (χ0) is 15.2. The minimum Gasteiger partial charge on any atom is -0.505 e. The fourth-order valence-corrected chi connectivity index (χ4v) is 1.86. The molecule has 5 heteroatoms. The number of phenolic OH excluding ortho intramolecular Hbond substituents is 1. The summed E-state index contributed by atoms with van der Waals surface area (Å²) in [6.45, 7) is 0.775. The molecule has 1 amide bonds. The maximum Gasteiger partial charge on any atom is 0.257 e. The molecule has 0 aliphatic carbocycles. The second kappa shape index (κ2) is 6.65. The summed E-state index contributed by atoms with van der Waals surface area (Å²) in [6, 6.07) is 14.1. The van der Waals surface area contributed by atoms with Crippen LogP contribution in [-0.4, -0.2) is 36.1 Å². The number of anilines is 1. The summed E-state index contributed by atoms with van der Waals surface area (Å²) < 4.78 is 5.54. The van der Waals surface area contributed by atoms with E-state index in [0.29, 0.717) is 13.2 Å². The summed E-state index contributed by atoms with van der Waals surface area (Å²) in [5.74, 6) is 0.278. The number of amides is 1. The highest BCUT2D eigenvalue weighted by atomic mass is 16.5. The Morgan fingerprint density at radius 1 is 1.19 bits per heavy atom. The maximum atomic E-state index is 12.2. The number of benzene rings is 2. The van der Waals surface area contributed by atoms with Crippen molar-refractivity contribution in [2.75, 3.05) is 25.9 Å². The topological polar surface area (TPSA) is 75.8 Å². The lowest BCUT2D eigenvalue weighted by molar-refractivity contribution is 0.0771. The van der Waals surface area contributed by atoms with Crippen LogP contribution >= 0.6 is 0 Å². The van der Waals surface area contributed by atoms with Gasteiger partial charge >= 0.3 is 0 Å². The number of hydrogen-bond donors (Lipinski definition) is 2. The summed E-state index contributed by atoms with van der Waals surface area (Å²) in [6.07, 6.45) is 0. The zero-order valence-corrected chi connectivity index (χ0v) is 11.8. The van der Waals surface area contributed by atoms with Crippen LogP contribution in [0.1, 0.15) is 10.4 Å². The minimum absolute atomic E-state index is 0.182. The molecule has 0 atom stereocenters. The first kappa shape index (κ1) is 14.7. The molecule has 0 spiro atoms. The number of likely N-dealkylation sites (N-methyl/N-ethyl adjacent to an activating group) is 1. The van der Waals surface area contributed by atoms with Gasteiger partial charge in [0.2, 0.25) is 0 Å². The molecule has 0 unspecified atom stereocenters. The molecule has 21 heavy (non-hydrogen) atoms. The van der Waals surface area contributed by atoms with Crippen LogP contribution in [0.2, 0.25) is 0 Å². The molecule has 0 heterocycles. The molecule has 2 aromatic rings. The molecule has 0 saturated carbocycles. The second-order valence-electron chi connectivity index (χ2n) is 4.63. The summed E-state index contributed by atoms with van der Waals surface area (Å²) in [4.78, 5) is 13.7. The number of nitrogens with two attached hydrogens (primary N) is 1. The largest absolute Gasteiger partial charge is 0.505 e. The lowest BCUT2D eigenvalue weighted by Gasteiger charge is -2.18. The van der Waals surface area contributed by atoms with Crippen molar-refractivity contribution in [3.63, 3.8) is 0 Å². The van der Waals surface area contributed by atoms with Gasteiger partial charge in [0.25, 0.3) is 5.91 Å². The van der Waals surface area contributed by atoms with Crippen LogP contribution < -0.4 is 10.5 Å². The molecular weight excluding hydrogens is 268 g/mol. The first-order valence-electron chi connectivity index (χ1n) is 6.60. The van der Waals surface area contributed by atoms with E-state index in [-0.39, 0.29) is 22.9 Å². The van der Waals surface area contributed by atoms with Crippen molar-refractivity contribution in [3.05, 3.63) is 54.1 Å². The number of carbonyl (C=O) groups is 1. The number of aromatic hydroxyl groups is 1. The number of rotatable bonds is 5. The molecule has 110 valence electrons. The van der Waals surface area contributed by atoms with Crippen LogP contribution in [0.15, 0.2) is 48.5 Å². The molecule has 0 bridgehead atoms. The number of nitrogen functional groups attached to an aromatic ring is 1. The van der Waals surface area contributed by atoms with Crippen molar-refractivity contribution in [3.8, 4) is 11.5 Å². The van der Waals surface area contributed by atoms with Gasteiger partial charge in [-0.1, -0.05) is 24.3 Å². The van der Waals surface area contributed by atoms with Gasteiger partial charge in [-0.25, -0.2) is 0 Å². The van der Waals surface area contributed by atoms with Crippen LogP contribution in [0.25, 0.3) is 0 Å². The van der Waals surface area contributed by atoms with Crippen molar-refractivity contribution >= 4 is 11.6 Å². The van der Waals surface area contributed by atoms with Gasteiger partial charge in [0.05, 0.1) is 17.8 Å². The molecule has 2 rings (SSSR count). The van der Waals surface area contributed by atoms with Gasteiger partial charge in [-0.2, -0.15) is 0 Å². The highest BCUT2D eigenvalue weighted by Gasteiger charge is 2.16. The Hall–Kier alpha value is -2.69. The average Bonchev–Trinajstić information content (AvgIpc) is 2.50. The quantitative estimate of drug-likeness (QED) is 0.652. The van der Waals surface area contributed by atoms with Crippen molar-refractivity contribution in [1.29, 1.82) is 0 Å². The minimum atomic E-state index is -0.295. The molecule has 3 N–H and O–H groups in total. The second-order valence-corrected chi connectivity index (χ2v) is 4.63. The lowest BCUT2D eigenvalue weighted by Crippen LogP contribution is -2.31. The number of para-hydroxylation sites is 2. The van der Waals surface area contributed by atoms with E-state index in [1.165, 1.54) is 4.90 Å². The van der Waals surface area contributed by atoms with E-state index in [1.54, 1.807) is 25.2 Å². The third-order valence-electron chi connectivity index (χ3n) is 3.08. The van der Waals surface area contributed by atoms with Gasteiger partial charge in [-0.3, -0.25) is 4.79 Å². The molecule has 0 radical (unpaired) electrons. The lowest BCUT2D eigenvalue weighted by atomic mass is 10.1. The van der Waals surface area contributed by atoms with E-state index in [0.717, 1.165) is 5.75 Å². The number of ether oxygens (including phenoxy) is 1. The van der Waals surface area contributed by atoms with Crippen molar-refractivity contribution < 1.29 is 14.6 Å². The van der Waals surface area contributed by atoms with Crippen LogP contribution in [0, 0.1) is 0 Å². The Kier molecular flexibility index (Phi) is 4.66. The number of hydrogen-bond acceptors (Lipinski definition) is 4. The van der Waals surface area contributed by atoms with Crippen molar-refractivity contribution in [1.82, 2.24) is 4.90 Å². The Balaban J connectivity index is 1.92. The van der Waals surface area contributed by atoms with Gasteiger partial charge in [-0.15, -0.1) is 0 Å². The Morgan fingerprint density at radius 2 is 1.90 bits per heavy atom. The highest BCUT2D eigenvalue weighted by molar-refractivity contribution is 5.98.